The van der Waals surface area contributed by atoms with Crippen LogP contribution in [0.4, 0.5) is 4.39 Å². The van der Waals surface area contributed by atoms with Crippen LogP contribution in [0.15, 0.2) is 42.1 Å². The van der Waals surface area contributed by atoms with Gasteiger partial charge in [-0.3, -0.25) is 0 Å². The van der Waals surface area contributed by atoms with Crippen LogP contribution in [0.2, 0.25) is 0 Å². The van der Waals surface area contributed by atoms with E-state index in [-0.39, 0.29) is 0 Å². The van der Waals surface area contributed by atoms with Crippen LogP contribution in [0.25, 0.3) is 16.5 Å². The minimum Gasteiger partial charge on any atom is -0.497 e. The smallest absolute Gasteiger partial charge is 0.497 e. The molecule has 0 aliphatic carbocycles. The first kappa shape index (κ1) is 18.2. The molecule has 0 atom stereocenters. The molecular formula is C19H22BFO3S. The van der Waals surface area contributed by atoms with Crippen molar-refractivity contribution in [3.8, 4) is 16.2 Å². The maximum atomic E-state index is 14.6. The van der Waals surface area contributed by atoms with E-state index in [1.165, 1.54) is 17.4 Å². The Morgan fingerprint density at radius 3 is 2.44 bits per heavy atom. The van der Waals surface area contributed by atoms with Crippen LogP contribution in [0.5, 0.6) is 5.75 Å². The molecule has 25 heavy (non-hydrogen) atoms. The monoisotopic (exact) mass is 360 g/mol. The van der Waals surface area contributed by atoms with Gasteiger partial charge in [0.25, 0.3) is 0 Å². The van der Waals surface area contributed by atoms with Gasteiger partial charge < -0.3 is 14.0 Å². The molecule has 0 N–H and O–H groups in total. The Hall–Kier alpha value is -1.63. The molecule has 132 valence electrons. The van der Waals surface area contributed by atoms with Gasteiger partial charge in [-0.2, -0.15) is 0 Å². The molecule has 3 rings (SSSR count). The third-order valence-electron chi connectivity index (χ3n) is 4.74. The third kappa shape index (κ3) is 3.66. The van der Waals surface area contributed by atoms with Gasteiger partial charge in [0.15, 0.2) is 0 Å². The van der Waals surface area contributed by atoms with E-state index in [1.54, 1.807) is 7.11 Å². The predicted molar refractivity (Wildman–Crippen MR) is 101 cm³/mol. The van der Waals surface area contributed by atoms with Gasteiger partial charge in [0, 0.05) is 9.75 Å². The maximum absolute atomic E-state index is 14.6. The van der Waals surface area contributed by atoms with Crippen LogP contribution >= 0.6 is 11.3 Å². The number of ether oxygens (including phenoxy) is 1. The zero-order chi connectivity index (χ0) is 18.2. The van der Waals surface area contributed by atoms with Gasteiger partial charge in [-0.1, -0.05) is 12.1 Å². The summed E-state index contributed by atoms with van der Waals surface area (Å²) in [7, 11) is 0.675. The second-order valence-corrected chi connectivity index (χ2v) is 8.17. The lowest BCUT2D eigenvalue weighted by Gasteiger charge is -2.32. The van der Waals surface area contributed by atoms with Crippen LogP contribution in [-0.4, -0.2) is 25.4 Å². The van der Waals surface area contributed by atoms with Crippen LogP contribution in [-0.2, 0) is 9.31 Å². The summed E-state index contributed by atoms with van der Waals surface area (Å²) in [4.78, 5) is 1.86. The highest BCUT2D eigenvalue weighted by molar-refractivity contribution is 7.16. The molecule has 0 bridgehead atoms. The molecule has 2 aromatic rings. The number of benzene rings is 1. The minimum atomic E-state index is -0.965. The molecule has 1 aliphatic heterocycles. The SMILES string of the molecule is COc1cccc(-c2ccc(C=C(F)B3OC(C)(C)C(C)(C)O3)s2)c1. The van der Waals surface area contributed by atoms with Gasteiger partial charge in [-0.15, -0.1) is 11.3 Å². The minimum absolute atomic E-state index is 0.419. The van der Waals surface area contributed by atoms with Crippen molar-refractivity contribution in [3.05, 3.63) is 47.0 Å². The van der Waals surface area contributed by atoms with Crippen molar-refractivity contribution in [2.45, 2.75) is 38.9 Å². The standard InChI is InChI=1S/C19H22BFO3S/c1-18(2)19(3,4)24-20(23-18)17(21)12-15-9-10-16(25-15)13-7-6-8-14(11-13)22-5/h6-12H,1-5H3. The Kier molecular flexibility index (Phi) is 4.79. The first-order valence-electron chi connectivity index (χ1n) is 8.19. The van der Waals surface area contributed by atoms with E-state index >= 15 is 0 Å². The first-order chi connectivity index (χ1) is 11.7. The molecule has 1 aromatic heterocycles. The zero-order valence-electron chi connectivity index (χ0n) is 15.1. The van der Waals surface area contributed by atoms with Crippen molar-refractivity contribution >= 4 is 24.5 Å². The van der Waals surface area contributed by atoms with Crippen LogP contribution in [0, 0.1) is 0 Å². The number of methoxy groups -OCH3 is 1. The van der Waals surface area contributed by atoms with Crippen molar-refractivity contribution < 1.29 is 18.4 Å². The molecule has 3 nitrogen and oxygen atoms in total. The van der Waals surface area contributed by atoms with Gasteiger partial charge in [-0.05, 0) is 63.6 Å². The molecule has 0 unspecified atom stereocenters. The summed E-state index contributed by atoms with van der Waals surface area (Å²) in [5, 5.41) is 0. The van der Waals surface area contributed by atoms with Gasteiger partial charge >= 0.3 is 7.12 Å². The van der Waals surface area contributed by atoms with E-state index in [0.29, 0.717) is 0 Å². The molecular weight excluding hydrogens is 338 g/mol. The first-order valence-corrected chi connectivity index (χ1v) is 9.00. The molecule has 1 fully saturated rings. The summed E-state index contributed by atoms with van der Waals surface area (Å²) in [5.74, 6) is 0.798. The van der Waals surface area contributed by atoms with Gasteiger partial charge in [0.2, 0.25) is 0 Å². The van der Waals surface area contributed by atoms with Crippen LogP contribution in [0.1, 0.15) is 32.6 Å². The molecule has 0 spiro atoms. The molecule has 2 heterocycles. The number of hydrogen-bond donors (Lipinski definition) is 0. The Morgan fingerprint density at radius 2 is 1.80 bits per heavy atom. The van der Waals surface area contributed by atoms with E-state index < -0.39 is 24.0 Å². The lowest BCUT2D eigenvalue weighted by atomic mass is 9.87. The Labute approximate surface area is 152 Å². The second-order valence-electron chi connectivity index (χ2n) is 7.05. The van der Waals surface area contributed by atoms with E-state index in [9.17, 15) is 4.39 Å². The van der Waals surface area contributed by atoms with Gasteiger partial charge in [0.1, 0.15) is 11.5 Å². The number of hydrogen-bond acceptors (Lipinski definition) is 4. The largest absolute Gasteiger partial charge is 0.525 e. The fraction of sp³-hybridized carbons (Fsp3) is 0.368. The predicted octanol–water partition coefficient (Wildman–Crippen LogP) is 5.37. The van der Waals surface area contributed by atoms with Crippen molar-refractivity contribution in [2.24, 2.45) is 0 Å². The summed E-state index contributed by atoms with van der Waals surface area (Å²) in [5.41, 5.74) is -0.480. The van der Waals surface area contributed by atoms with Crippen molar-refractivity contribution in [3.63, 3.8) is 0 Å². The lowest BCUT2D eigenvalue weighted by Crippen LogP contribution is -2.41. The molecule has 0 amide bonds. The summed E-state index contributed by atoms with van der Waals surface area (Å²) < 4.78 is 31.3. The van der Waals surface area contributed by atoms with Crippen LogP contribution < -0.4 is 4.74 Å². The average molecular weight is 360 g/mol. The highest BCUT2D eigenvalue weighted by Crippen LogP contribution is 2.39. The normalized spacial score (nSPS) is 19.3. The summed E-state index contributed by atoms with van der Waals surface area (Å²) >= 11 is 1.51. The third-order valence-corrected chi connectivity index (χ3v) is 5.82. The Balaban J connectivity index is 1.80. The molecule has 1 aliphatic rings. The number of halogens is 1. The second kappa shape index (κ2) is 6.59. The lowest BCUT2D eigenvalue weighted by molar-refractivity contribution is 0.00578. The van der Waals surface area contributed by atoms with Crippen molar-refractivity contribution in [2.75, 3.05) is 7.11 Å². The Morgan fingerprint density at radius 1 is 1.12 bits per heavy atom. The highest BCUT2D eigenvalue weighted by Gasteiger charge is 2.53. The topological polar surface area (TPSA) is 27.7 Å². The zero-order valence-corrected chi connectivity index (χ0v) is 15.9. The van der Waals surface area contributed by atoms with Crippen molar-refractivity contribution in [1.29, 1.82) is 0 Å². The Bertz CT molecular complexity index is 781. The summed E-state index contributed by atoms with van der Waals surface area (Å²) in [6.45, 7) is 7.64. The van der Waals surface area contributed by atoms with E-state index in [1.807, 2.05) is 64.1 Å². The molecule has 6 heteroatoms. The number of rotatable bonds is 4. The number of thiophene rings is 1. The molecule has 1 aromatic carbocycles. The quantitative estimate of drug-likeness (QED) is 0.687. The summed E-state index contributed by atoms with van der Waals surface area (Å²) in [6, 6.07) is 11.7. The fourth-order valence-corrected chi connectivity index (χ4v) is 3.46. The van der Waals surface area contributed by atoms with E-state index in [0.717, 1.165) is 21.1 Å². The molecule has 0 saturated carbocycles. The van der Waals surface area contributed by atoms with E-state index in [2.05, 4.69) is 0 Å². The molecule has 0 radical (unpaired) electrons. The summed E-state index contributed by atoms with van der Waals surface area (Å²) in [6.07, 6.45) is 1.48. The van der Waals surface area contributed by atoms with Gasteiger partial charge in [0.05, 0.1) is 18.3 Å². The van der Waals surface area contributed by atoms with Gasteiger partial charge in [-0.25, -0.2) is 4.39 Å². The molecule has 1 saturated heterocycles. The van der Waals surface area contributed by atoms with E-state index in [4.69, 9.17) is 14.0 Å². The maximum Gasteiger partial charge on any atom is 0.525 e. The van der Waals surface area contributed by atoms with Crippen LogP contribution in [0.3, 0.4) is 0 Å². The van der Waals surface area contributed by atoms with Crippen molar-refractivity contribution in [1.82, 2.24) is 0 Å². The average Bonchev–Trinajstić information content (AvgIpc) is 3.10. The fourth-order valence-electron chi connectivity index (χ4n) is 2.52. The highest BCUT2D eigenvalue weighted by atomic mass is 32.1.